The van der Waals surface area contributed by atoms with E-state index < -0.39 is 0 Å². The molecule has 0 aliphatic rings. The maximum atomic E-state index is 12.0. The molecule has 1 amide bonds. The second-order valence-corrected chi connectivity index (χ2v) is 6.34. The summed E-state index contributed by atoms with van der Waals surface area (Å²) in [5.41, 5.74) is 0.918. The van der Waals surface area contributed by atoms with E-state index in [2.05, 4.69) is 10.3 Å². The van der Waals surface area contributed by atoms with Crippen LogP contribution in [0.1, 0.15) is 21.3 Å². The van der Waals surface area contributed by atoms with Gasteiger partial charge >= 0.3 is 0 Å². The summed E-state index contributed by atoms with van der Waals surface area (Å²) in [6, 6.07) is 3.69. The topological polar surface area (TPSA) is 75.4 Å². The Labute approximate surface area is 128 Å². The van der Waals surface area contributed by atoms with Crippen molar-refractivity contribution in [2.24, 2.45) is 5.92 Å². The van der Waals surface area contributed by atoms with Crippen LogP contribution in [0.4, 0.5) is 0 Å². The highest BCUT2D eigenvalue weighted by molar-refractivity contribution is 7.11. The number of nitrogens with one attached hydrogen (secondary N) is 1. The van der Waals surface area contributed by atoms with Crippen LogP contribution in [-0.2, 0) is 17.6 Å². The van der Waals surface area contributed by atoms with E-state index in [9.17, 15) is 9.90 Å². The number of amides is 1. The van der Waals surface area contributed by atoms with Crippen LogP contribution >= 0.6 is 11.3 Å². The average molecular weight is 308 g/mol. The zero-order chi connectivity index (χ0) is 15.2. The molecule has 0 saturated heterocycles. The van der Waals surface area contributed by atoms with Crippen molar-refractivity contribution >= 4 is 17.2 Å². The smallest absolute Gasteiger partial charge is 0.225 e. The Morgan fingerprint density at radius 1 is 1.52 bits per heavy atom. The van der Waals surface area contributed by atoms with Gasteiger partial charge in [0.1, 0.15) is 5.76 Å². The van der Waals surface area contributed by atoms with Gasteiger partial charge in [0, 0.05) is 30.4 Å². The molecule has 0 aliphatic heterocycles. The monoisotopic (exact) mass is 308 g/mol. The first-order valence-electron chi connectivity index (χ1n) is 6.91. The van der Waals surface area contributed by atoms with E-state index in [4.69, 9.17) is 4.42 Å². The molecule has 0 fully saturated rings. The van der Waals surface area contributed by atoms with Gasteiger partial charge in [-0.25, -0.2) is 4.98 Å². The second kappa shape index (κ2) is 7.38. The molecule has 0 aliphatic carbocycles. The molecule has 0 radical (unpaired) electrons. The van der Waals surface area contributed by atoms with Crippen molar-refractivity contribution in [3.05, 3.63) is 39.7 Å². The molecule has 5 nitrogen and oxygen atoms in total. The molecule has 0 saturated carbocycles. The molecular weight excluding hydrogens is 288 g/mol. The van der Waals surface area contributed by atoms with E-state index in [1.807, 2.05) is 26.0 Å². The minimum Gasteiger partial charge on any atom is -0.469 e. The lowest BCUT2D eigenvalue weighted by atomic mass is 10.1. The fourth-order valence-electron chi connectivity index (χ4n) is 2.12. The molecule has 2 aromatic heterocycles. The lowest BCUT2D eigenvalue weighted by Gasteiger charge is -2.13. The summed E-state index contributed by atoms with van der Waals surface area (Å²) in [4.78, 5) is 17.3. The molecule has 114 valence electrons. The van der Waals surface area contributed by atoms with E-state index in [1.54, 1.807) is 17.6 Å². The fourth-order valence-corrected chi connectivity index (χ4v) is 3.05. The Morgan fingerprint density at radius 3 is 2.90 bits per heavy atom. The van der Waals surface area contributed by atoms with Crippen LogP contribution in [0.25, 0.3) is 0 Å². The van der Waals surface area contributed by atoms with Crippen molar-refractivity contribution < 1.29 is 14.3 Å². The molecule has 2 rings (SSSR count). The number of hydrogen-bond donors (Lipinski definition) is 2. The van der Waals surface area contributed by atoms with E-state index in [-0.39, 0.29) is 18.4 Å². The number of thiazole rings is 1. The molecule has 2 heterocycles. The summed E-state index contributed by atoms with van der Waals surface area (Å²) in [6.45, 7) is 4.30. The molecule has 1 atom stereocenters. The standard InChI is InChI=1S/C15H20N2O3S/c1-10-14(21-11(2)17-10)7-15(19)16-8-12(9-18)6-13-4-3-5-20-13/h3-5,12,18H,6-9H2,1-2H3,(H,16,19). The zero-order valence-corrected chi connectivity index (χ0v) is 13.1. The van der Waals surface area contributed by atoms with Crippen LogP contribution in [-0.4, -0.2) is 29.1 Å². The van der Waals surface area contributed by atoms with Gasteiger partial charge in [-0.05, 0) is 26.0 Å². The second-order valence-electron chi connectivity index (χ2n) is 5.05. The largest absolute Gasteiger partial charge is 0.469 e. The minimum absolute atomic E-state index is 0.0136. The van der Waals surface area contributed by atoms with Crippen molar-refractivity contribution in [3.63, 3.8) is 0 Å². The lowest BCUT2D eigenvalue weighted by molar-refractivity contribution is -0.120. The van der Waals surface area contributed by atoms with Gasteiger partial charge < -0.3 is 14.8 Å². The molecule has 2 aromatic rings. The fraction of sp³-hybridized carbons (Fsp3) is 0.467. The number of aliphatic hydroxyl groups excluding tert-OH is 1. The molecular formula is C15H20N2O3S. The number of aryl methyl sites for hydroxylation is 2. The van der Waals surface area contributed by atoms with Crippen molar-refractivity contribution in [2.45, 2.75) is 26.7 Å². The summed E-state index contributed by atoms with van der Waals surface area (Å²) in [5, 5.41) is 13.2. The zero-order valence-electron chi connectivity index (χ0n) is 12.3. The van der Waals surface area contributed by atoms with E-state index in [0.717, 1.165) is 21.3 Å². The number of aromatic nitrogens is 1. The molecule has 0 aromatic carbocycles. The molecule has 0 bridgehead atoms. The quantitative estimate of drug-likeness (QED) is 0.818. The van der Waals surface area contributed by atoms with Crippen LogP contribution in [0, 0.1) is 19.8 Å². The molecule has 1 unspecified atom stereocenters. The Kier molecular flexibility index (Phi) is 5.52. The SMILES string of the molecule is Cc1nc(C)c(CC(=O)NCC(CO)Cc2ccco2)s1. The van der Waals surface area contributed by atoms with Crippen molar-refractivity contribution in [3.8, 4) is 0 Å². The number of hydrogen-bond acceptors (Lipinski definition) is 5. The predicted molar refractivity (Wildman–Crippen MR) is 81.3 cm³/mol. The maximum absolute atomic E-state index is 12.0. The normalized spacial score (nSPS) is 12.3. The number of aliphatic hydroxyl groups is 1. The third-order valence-electron chi connectivity index (χ3n) is 3.24. The number of carbonyl (C=O) groups excluding carboxylic acids is 1. The summed E-state index contributed by atoms with van der Waals surface area (Å²) in [5.74, 6) is 0.737. The highest BCUT2D eigenvalue weighted by Gasteiger charge is 2.14. The van der Waals surface area contributed by atoms with Gasteiger partial charge in [-0.1, -0.05) is 0 Å². The predicted octanol–water partition coefficient (Wildman–Crippen LogP) is 1.86. The maximum Gasteiger partial charge on any atom is 0.225 e. The van der Waals surface area contributed by atoms with E-state index in [1.165, 1.54) is 0 Å². The summed E-state index contributed by atoms with van der Waals surface area (Å²) < 4.78 is 5.26. The molecule has 2 N–H and O–H groups in total. The Balaban J connectivity index is 1.80. The van der Waals surface area contributed by atoms with Gasteiger partial charge in [0.25, 0.3) is 0 Å². The van der Waals surface area contributed by atoms with Gasteiger partial charge in [0.2, 0.25) is 5.91 Å². The van der Waals surface area contributed by atoms with Gasteiger partial charge in [0.15, 0.2) is 0 Å². The lowest BCUT2D eigenvalue weighted by Crippen LogP contribution is -2.32. The van der Waals surface area contributed by atoms with Gasteiger partial charge in [-0.15, -0.1) is 11.3 Å². The number of nitrogens with zero attached hydrogens (tertiary/aromatic N) is 1. The summed E-state index contributed by atoms with van der Waals surface area (Å²) in [7, 11) is 0. The van der Waals surface area contributed by atoms with Crippen molar-refractivity contribution in [2.75, 3.05) is 13.2 Å². The number of furan rings is 1. The first kappa shape index (κ1) is 15.7. The highest BCUT2D eigenvalue weighted by Crippen LogP contribution is 2.17. The Morgan fingerprint density at radius 2 is 2.33 bits per heavy atom. The van der Waals surface area contributed by atoms with Crippen LogP contribution in [0.2, 0.25) is 0 Å². The van der Waals surface area contributed by atoms with Crippen LogP contribution in [0.3, 0.4) is 0 Å². The van der Waals surface area contributed by atoms with Gasteiger partial charge in [-0.2, -0.15) is 0 Å². The third-order valence-corrected chi connectivity index (χ3v) is 4.31. The number of carbonyl (C=O) groups is 1. The summed E-state index contributed by atoms with van der Waals surface area (Å²) >= 11 is 1.55. The van der Waals surface area contributed by atoms with Crippen LogP contribution < -0.4 is 5.32 Å². The highest BCUT2D eigenvalue weighted by atomic mass is 32.1. The van der Waals surface area contributed by atoms with Gasteiger partial charge in [0.05, 0.1) is 23.4 Å². The van der Waals surface area contributed by atoms with Crippen LogP contribution in [0.5, 0.6) is 0 Å². The third kappa shape index (κ3) is 4.68. The molecule has 6 heteroatoms. The first-order valence-corrected chi connectivity index (χ1v) is 7.73. The van der Waals surface area contributed by atoms with E-state index >= 15 is 0 Å². The average Bonchev–Trinajstić information content (AvgIpc) is 3.05. The summed E-state index contributed by atoms with van der Waals surface area (Å²) in [6.07, 6.45) is 2.57. The first-order chi connectivity index (χ1) is 10.1. The van der Waals surface area contributed by atoms with Gasteiger partial charge in [-0.3, -0.25) is 4.79 Å². The van der Waals surface area contributed by atoms with E-state index in [0.29, 0.717) is 19.4 Å². The van der Waals surface area contributed by atoms with Crippen LogP contribution in [0.15, 0.2) is 22.8 Å². The van der Waals surface area contributed by atoms with Crippen molar-refractivity contribution in [1.29, 1.82) is 0 Å². The molecule has 21 heavy (non-hydrogen) atoms. The number of rotatable bonds is 7. The minimum atomic E-state index is -0.0420. The van der Waals surface area contributed by atoms with Crippen molar-refractivity contribution in [1.82, 2.24) is 10.3 Å². The Hall–Kier alpha value is -1.66. The molecule has 0 spiro atoms. The Bertz CT molecular complexity index is 578.